The predicted octanol–water partition coefficient (Wildman–Crippen LogP) is 1.58. The van der Waals surface area contributed by atoms with E-state index in [1.54, 1.807) is 16.7 Å². The van der Waals surface area contributed by atoms with E-state index in [-0.39, 0.29) is 21.1 Å². The molecular weight excluding hydrogens is 406 g/mol. The average molecular weight is 422 g/mol. The fourth-order valence-electron chi connectivity index (χ4n) is 2.41. The van der Waals surface area contributed by atoms with E-state index in [9.17, 15) is 16.8 Å². The van der Waals surface area contributed by atoms with Crippen molar-refractivity contribution in [3.8, 4) is 12.3 Å². The number of nitrogens with zero attached hydrogens (tertiary/aromatic N) is 2. The Balaban J connectivity index is 2.26. The van der Waals surface area contributed by atoms with E-state index >= 15 is 0 Å². The molecule has 0 spiro atoms. The minimum atomic E-state index is -3.95. The van der Waals surface area contributed by atoms with Gasteiger partial charge in [-0.2, -0.15) is 8.42 Å². The number of sulfonamides is 2. The summed E-state index contributed by atoms with van der Waals surface area (Å²) in [4.78, 5) is 0.134. The number of terminal acetylenes is 1. The second-order valence-corrected chi connectivity index (χ2v) is 9.90. The first-order valence-corrected chi connectivity index (χ1v) is 11.4. The molecule has 0 aliphatic heterocycles. The molecule has 0 fully saturated rings. The summed E-state index contributed by atoms with van der Waals surface area (Å²) in [5.74, 6) is 2.45. The van der Waals surface area contributed by atoms with Gasteiger partial charge in [-0.25, -0.2) is 13.6 Å². The molecule has 0 aliphatic carbocycles. The van der Waals surface area contributed by atoms with Crippen molar-refractivity contribution in [2.24, 2.45) is 9.54 Å². The molecule has 2 aromatic carbocycles. The number of aryl methyl sites for hydroxylation is 1. The van der Waals surface area contributed by atoms with Gasteiger partial charge in [-0.05, 0) is 37.3 Å². The van der Waals surface area contributed by atoms with Crippen molar-refractivity contribution in [2.75, 3.05) is 0 Å². The average Bonchev–Trinajstić information content (AvgIpc) is 2.91. The van der Waals surface area contributed by atoms with Crippen molar-refractivity contribution in [1.29, 1.82) is 0 Å². The molecule has 0 radical (unpaired) electrons. The van der Waals surface area contributed by atoms with Crippen LogP contribution in [0.3, 0.4) is 0 Å². The Kier molecular flexibility index (Phi) is 4.96. The van der Waals surface area contributed by atoms with Gasteiger partial charge in [0.05, 0.1) is 26.6 Å². The Morgan fingerprint density at radius 2 is 1.74 bits per heavy atom. The van der Waals surface area contributed by atoms with Crippen molar-refractivity contribution < 1.29 is 16.8 Å². The molecule has 1 heterocycles. The van der Waals surface area contributed by atoms with Crippen LogP contribution in [0.25, 0.3) is 10.2 Å². The molecule has 0 bridgehead atoms. The molecule has 7 nitrogen and oxygen atoms in total. The van der Waals surface area contributed by atoms with Crippen molar-refractivity contribution in [3.05, 3.63) is 52.8 Å². The fourth-order valence-corrected chi connectivity index (χ4v) is 5.30. The summed E-state index contributed by atoms with van der Waals surface area (Å²) in [7, 11) is -7.84. The number of rotatable bonds is 4. The monoisotopic (exact) mass is 421 g/mol. The van der Waals surface area contributed by atoms with Crippen LogP contribution in [0.5, 0.6) is 0 Å². The molecule has 0 amide bonds. The lowest BCUT2D eigenvalue weighted by atomic mass is 10.2. The van der Waals surface area contributed by atoms with Crippen LogP contribution in [-0.2, 0) is 26.6 Å². The second kappa shape index (κ2) is 6.94. The number of nitrogens with two attached hydrogens (primary N) is 1. The van der Waals surface area contributed by atoms with E-state index < -0.39 is 20.0 Å². The maximum atomic E-state index is 12.6. The van der Waals surface area contributed by atoms with E-state index in [0.29, 0.717) is 10.2 Å². The standard InChI is InChI=1S/C17H15N3O4S3/c1-3-10-20-15-9-8-14(26(18,21)22)11-16(15)25-17(20)19-27(23,24)13-6-4-12(2)5-7-13/h1,4-9,11H,10H2,2H3,(H2,18,21,22). The molecule has 0 unspecified atom stereocenters. The molecular formula is C17H15N3O4S3. The quantitative estimate of drug-likeness (QED) is 0.645. The Labute approximate surface area is 160 Å². The molecule has 2 N–H and O–H groups in total. The molecule has 3 rings (SSSR count). The van der Waals surface area contributed by atoms with E-state index in [0.717, 1.165) is 16.9 Å². The summed E-state index contributed by atoms with van der Waals surface area (Å²) in [5, 5.41) is 5.16. The lowest BCUT2D eigenvalue weighted by Gasteiger charge is -2.02. The van der Waals surface area contributed by atoms with Crippen LogP contribution in [0.15, 0.2) is 56.7 Å². The highest BCUT2D eigenvalue weighted by molar-refractivity contribution is 7.90. The number of aromatic nitrogens is 1. The van der Waals surface area contributed by atoms with Crippen LogP contribution < -0.4 is 9.94 Å². The van der Waals surface area contributed by atoms with Gasteiger partial charge in [0.25, 0.3) is 10.0 Å². The first-order valence-electron chi connectivity index (χ1n) is 7.59. The Morgan fingerprint density at radius 1 is 1.11 bits per heavy atom. The van der Waals surface area contributed by atoms with Gasteiger partial charge in [-0.3, -0.25) is 0 Å². The summed E-state index contributed by atoms with van der Waals surface area (Å²) >= 11 is 1.02. The van der Waals surface area contributed by atoms with E-state index in [1.807, 2.05) is 6.92 Å². The predicted molar refractivity (Wildman–Crippen MR) is 104 cm³/mol. The zero-order valence-electron chi connectivity index (χ0n) is 14.2. The molecule has 0 saturated heterocycles. The molecule has 0 atom stereocenters. The first kappa shape index (κ1) is 19.3. The van der Waals surface area contributed by atoms with Crippen LogP contribution in [0.2, 0.25) is 0 Å². The summed E-state index contributed by atoms with van der Waals surface area (Å²) < 4.78 is 54.3. The number of fused-ring (bicyclic) bond motifs is 1. The van der Waals surface area contributed by atoms with Crippen molar-refractivity contribution in [1.82, 2.24) is 4.57 Å². The van der Waals surface area contributed by atoms with Gasteiger partial charge >= 0.3 is 0 Å². The highest BCUT2D eigenvalue weighted by atomic mass is 32.2. The number of benzene rings is 2. The summed E-state index contributed by atoms with van der Waals surface area (Å²) in [6.45, 7) is 1.93. The smallest absolute Gasteiger partial charge is 0.285 e. The fraction of sp³-hybridized carbons (Fsp3) is 0.118. The molecule has 10 heteroatoms. The lowest BCUT2D eigenvalue weighted by Crippen LogP contribution is -2.16. The van der Waals surface area contributed by atoms with Gasteiger partial charge in [-0.15, -0.1) is 10.8 Å². The summed E-state index contributed by atoms with van der Waals surface area (Å²) in [6.07, 6.45) is 5.40. The van der Waals surface area contributed by atoms with Gasteiger partial charge < -0.3 is 4.57 Å². The Hall–Kier alpha value is -2.45. The number of hydrogen-bond donors (Lipinski definition) is 1. The molecule has 0 saturated carbocycles. The van der Waals surface area contributed by atoms with Crippen molar-refractivity contribution >= 4 is 41.6 Å². The molecule has 1 aromatic heterocycles. The number of thiazole rings is 1. The van der Waals surface area contributed by atoms with Crippen LogP contribution in [0.4, 0.5) is 0 Å². The highest BCUT2D eigenvalue weighted by Gasteiger charge is 2.16. The lowest BCUT2D eigenvalue weighted by molar-refractivity contribution is 0.595. The van der Waals surface area contributed by atoms with Crippen molar-refractivity contribution in [3.63, 3.8) is 0 Å². The molecule has 27 heavy (non-hydrogen) atoms. The summed E-state index contributed by atoms with van der Waals surface area (Å²) in [6, 6.07) is 10.6. The maximum Gasteiger partial charge on any atom is 0.285 e. The summed E-state index contributed by atoms with van der Waals surface area (Å²) in [5.41, 5.74) is 1.50. The highest BCUT2D eigenvalue weighted by Crippen LogP contribution is 2.22. The van der Waals surface area contributed by atoms with Gasteiger partial charge in [0.1, 0.15) is 0 Å². The molecule has 0 aliphatic rings. The van der Waals surface area contributed by atoms with Crippen LogP contribution in [-0.4, -0.2) is 21.4 Å². The van der Waals surface area contributed by atoms with E-state index in [1.165, 1.54) is 30.3 Å². The third kappa shape index (κ3) is 3.96. The maximum absolute atomic E-state index is 12.6. The minimum absolute atomic E-state index is 0.0584. The van der Waals surface area contributed by atoms with Gasteiger partial charge in [0.15, 0.2) is 0 Å². The second-order valence-electron chi connectivity index (χ2n) is 5.73. The number of hydrogen-bond acceptors (Lipinski definition) is 5. The third-order valence-electron chi connectivity index (χ3n) is 3.75. The molecule has 140 valence electrons. The zero-order chi connectivity index (χ0) is 19.8. The SMILES string of the molecule is C#CCn1c(=NS(=O)(=O)c2ccc(C)cc2)sc2cc(S(N)(=O)=O)ccc21. The topological polar surface area (TPSA) is 112 Å². The van der Waals surface area contributed by atoms with Gasteiger partial charge in [0, 0.05) is 0 Å². The van der Waals surface area contributed by atoms with E-state index in [2.05, 4.69) is 10.3 Å². The first-order chi connectivity index (χ1) is 12.6. The van der Waals surface area contributed by atoms with E-state index in [4.69, 9.17) is 11.6 Å². The van der Waals surface area contributed by atoms with Crippen LogP contribution in [0.1, 0.15) is 5.56 Å². The number of primary sulfonamides is 1. The Morgan fingerprint density at radius 3 is 2.33 bits per heavy atom. The minimum Gasteiger partial charge on any atom is -0.304 e. The Bertz CT molecular complexity index is 1340. The van der Waals surface area contributed by atoms with Crippen molar-refractivity contribution in [2.45, 2.75) is 23.3 Å². The molecule has 3 aromatic rings. The zero-order valence-corrected chi connectivity index (χ0v) is 16.6. The largest absolute Gasteiger partial charge is 0.304 e. The van der Waals surface area contributed by atoms with Crippen LogP contribution in [0, 0.1) is 19.3 Å². The van der Waals surface area contributed by atoms with Crippen LogP contribution >= 0.6 is 11.3 Å². The normalized spacial score (nSPS) is 13.0. The third-order valence-corrected chi connectivity index (χ3v) is 7.10. The van der Waals surface area contributed by atoms with Gasteiger partial charge in [0.2, 0.25) is 14.8 Å². The van der Waals surface area contributed by atoms with Gasteiger partial charge in [-0.1, -0.05) is 35.0 Å².